The summed E-state index contributed by atoms with van der Waals surface area (Å²) in [5, 5.41) is 1.33. The molecule has 3 heteroatoms. The SMILES string of the molecule is Cc1nsc2cccc(CC3(N)CC3)c12. The number of nitrogens with two attached hydrogens (primary N) is 1. The van der Waals surface area contributed by atoms with Crippen LogP contribution in [0.25, 0.3) is 10.1 Å². The zero-order chi connectivity index (χ0) is 10.5. The Morgan fingerprint density at radius 1 is 1.47 bits per heavy atom. The van der Waals surface area contributed by atoms with Crippen LogP contribution in [0.15, 0.2) is 18.2 Å². The molecule has 0 spiro atoms. The summed E-state index contributed by atoms with van der Waals surface area (Å²) in [6.45, 7) is 2.08. The standard InChI is InChI=1S/C12H14N2S/c1-8-11-9(7-12(13)5-6-12)3-2-4-10(11)15-14-8/h2-4H,5-7,13H2,1H3. The summed E-state index contributed by atoms with van der Waals surface area (Å²) in [6.07, 6.45) is 3.34. The van der Waals surface area contributed by atoms with Crippen molar-refractivity contribution in [2.75, 3.05) is 0 Å². The van der Waals surface area contributed by atoms with Crippen LogP contribution >= 0.6 is 11.5 Å². The third kappa shape index (κ3) is 1.56. The summed E-state index contributed by atoms with van der Waals surface area (Å²) in [4.78, 5) is 0. The minimum absolute atomic E-state index is 0.0860. The molecule has 0 bridgehead atoms. The Bertz CT molecular complexity index is 511. The Hall–Kier alpha value is -0.930. The van der Waals surface area contributed by atoms with E-state index >= 15 is 0 Å². The first-order valence-electron chi connectivity index (χ1n) is 5.31. The van der Waals surface area contributed by atoms with E-state index < -0.39 is 0 Å². The number of aromatic nitrogens is 1. The van der Waals surface area contributed by atoms with Gasteiger partial charge in [0.2, 0.25) is 0 Å². The van der Waals surface area contributed by atoms with Crippen LogP contribution in [-0.4, -0.2) is 9.91 Å². The first-order valence-corrected chi connectivity index (χ1v) is 6.08. The van der Waals surface area contributed by atoms with Gasteiger partial charge in [-0.3, -0.25) is 0 Å². The lowest BCUT2D eigenvalue weighted by atomic mass is 10.0. The number of nitrogens with zero attached hydrogens (tertiary/aromatic N) is 1. The van der Waals surface area contributed by atoms with E-state index in [9.17, 15) is 0 Å². The molecule has 1 aromatic heterocycles. The third-order valence-electron chi connectivity index (χ3n) is 3.19. The van der Waals surface area contributed by atoms with Crippen LogP contribution in [-0.2, 0) is 6.42 Å². The number of hydrogen-bond acceptors (Lipinski definition) is 3. The highest BCUT2D eigenvalue weighted by Crippen LogP contribution is 2.38. The Morgan fingerprint density at radius 3 is 3.00 bits per heavy atom. The van der Waals surface area contributed by atoms with Gasteiger partial charge in [-0.15, -0.1) is 0 Å². The van der Waals surface area contributed by atoms with Gasteiger partial charge in [0.15, 0.2) is 0 Å². The molecule has 2 N–H and O–H groups in total. The van der Waals surface area contributed by atoms with Crippen molar-refractivity contribution in [3.05, 3.63) is 29.5 Å². The highest BCUT2D eigenvalue weighted by molar-refractivity contribution is 7.13. The fourth-order valence-corrected chi connectivity index (χ4v) is 2.93. The molecular weight excluding hydrogens is 204 g/mol. The largest absolute Gasteiger partial charge is 0.325 e. The minimum atomic E-state index is 0.0860. The van der Waals surface area contributed by atoms with E-state index in [0.717, 1.165) is 12.1 Å². The van der Waals surface area contributed by atoms with Crippen molar-refractivity contribution in [3.63, 3.8) is 0 Å². The quantitative estimate of drug-likeness (QED) is 0.841. The van der Waals surface area contributed by atoms with Gasteiger partial charge in [-0.1, -0.05) is 12.1 Å². The Kier molecular flexibility index (Phi) is 1.88. The van der Waals surface area contributed by atoms with E-state index in [4.69, 9.17) is 5.73 Å². The van der Waals surface area contributed by atoms with Crippen LogP contribution < -0.4 is 5.73 Å². The van der Waals surface area contributed by atoms with Crippen LogP contribution in [0, 0.1) is 6.92 Å². The molecule has 0 unspecified atom stereocenters. The lowest BCUT2D eigenvalue weighted by molar-refractivity contribution is 0.675. The normalized spacial score (nSPS) is 18.3. The molecule has 1 aromatic carbocycles. The van der Waals surface area contributed by atoms with E-state index in [2.05, 4.69) is 29.5 Å². The highest BCUT2D eigenvalue weighted by Gasteiger charge is 2.38. The summed E-state index contributed by atoms with van der Waals surface area (Å²) in [5.41, 5.74) is 8.78. The maximum absolute atomic E-state index is 6.17. The first-order chi connectivity index (χ1) is 7.18. The van der Waals surface area contributed by atoms with Gasteiger partial charge in [-0.25, -0.2) is 0 Å². The zero-order valence-electron chi connectivity index (χ0n) is 8.79. The highest BCUT2D eigenvalue weighted by atomic mass is 32.1. The van der Waals surface area contributed by atoms with Crippen LogP contribution in [0.5, 0.6) is 0 Å². The van der Waals surface area contributed by atoms with E-state index in [-0.39, 0.29) is 5.54 Å². The van der Waals surface area contributed by atoms with Crippen LogP contribution in [0.3, 0.4) is 0 Å². The fourth-order valence-electron chi connectivity index (χ4n) is 2.09. The predicted octanol–water partition coefficient (Wildman–Crippen LogP) is 2.64. The van der Waals surface area contributed by atoms with Gasteiger partial charge < -0.3 is 5.73 Å². The molecule has 3 rings (SSSR count). The second-order valence-corrected chi connectivity index (χ2v) is 5.40. The molecule has 0 atom stereocenters. The summed E-state index contributed by atoms with van der Waals surface area (Å²) in [5.74, 6) is 0. The predicted molar refractivity (Wildman–Crippen MR) is 64.2 cm³/mol. The molecule has 2 aromatic rings. The molecule has 1 aliphatic rings. The van der Waals surface area contributed by atoms with Gasteiger partial charge in [0.05, 0.1) is 10.4 Å². The maximum atomic E-state index is 6.17. The van der Waals surface area contributed by atoms with Crippen LogP contribution in [0.2, 0.25) is 0 Å². The van der Waals surface area contributed by atoms with Crippen LogP contribution in [0.1, 0.15) is 24.1 Å². The lowest BCUT2D eigenvalue weighted by Crippen LogP contribution is -2.24. The summed E-state index contributed by atoms with van der Waals surface area (Å²) < 4.78 is 5.69. The van der Waals surface area contributed by atoms with Crippen molar-refractivity contribution in [3.8, 4) is 0 Å². The van der Waals surface area contributed by atoms with Crippen LogP contribution in [0.4, 0.5) is 0 Å². The van der Waals surface area contributed by atoms with Crippen molar-refractivity contribution in [1.82, 2.24) is 4.37 Å². The fraction of sp³-hybridized carbons (Fsp3) is 0.417. The van der Waals surface area contributed by atoms with Crippen molar-refractivity contribution >= 4 is 21.6 Å². The maximum Gasteiger partial charge on any atom is 0.0592 e. The third-order valence-corrected chi connectivity index (χ3v) is 4.09. The van der Waals surface area contributed by atoms with Crippen molar-refractivity contribution < 1.29 is 0 Å². The Balaban J connectivity index is 2.12. The Labute approximate surface area is 93.3 Å². The average molecular weight is 218 g/mol. The number of rotatable bonds is 2. The molecular formula is C12H14N2S. The van der Waals surface area contributed by atoms with E-state index in [1.807, 2.05) is 0 Å². The zero-order valence-corrected chi connectivity index (χ0v) is 9.60. The van der Waals surface area contributed by atoms with Crippen molar-refractivity contribution in [2.24, 2.45) is 5.73 Å². The topological polar surface area (TPSA) is 38.9 Å². The van der Waals surface area contributed by atoms with E-state index in [0.29, 0.717) is 0 Å². The van der Waals surface area contributed by atoms with Crippen molar-refractivity contribution in [1.29, 1.82) is 0 Å². The molecule has 0 saturated heterocycles. The van der Waals surface area contributed by atoms with Gasteiger partial charge in [-0.2, -0.15) is 4.37 Å². The smallest absolute Gasteiger partial charge is 0.0592 e. The number of aryl methyl sites for hydroxylation is 1. The van der Waals surface area contributed by atoms with Gasteiger partial charge in [0.1, 0.15) is 0 Å². The van der Waals surface area contributed by atoms with Gasteiger partial charge in [0, 0.05) is 10.9 Å². The van der Waals surface area contributed by atoms with E-state index in [1.54, 1.807) is 11.5 Å². The summed E-state index contributed by atoms with van der Waals surface area (Å²) >= 11 is 1.58. The monoisotopic (exact) mass is 218 g/mol. The summed E-state index contributed by atoms with van der Waals surface area (Å²) in [7, 11) is 0. The van der Waals surface area contributed by atoms with Gasteiger partial charge >= 0.3 is 0 Å². The molecule has 15 heavy (non-hydrogen) atoms. The number of benzene rings is 1. The molecule has 2 nitrogen and oxygen atoms in total. The first kappa shape index (κ1) is 9.31. The number of hydrogen-bond donors (Lipinski definition) is 1. The molecule has 0 aliphatic heterocycles. The molecule has 1 saturated carbocycles. The molecule has 0 radical (unpaired) electrons. The van der Waals surface area contributed by atoms with Crippen molar-refractivity contribution in [2.45, 2.75) is 31.7 Å². The molecule has 1 aliphatic carbocycles. The second-order valence-electron chi connectivity index (χ2n) is 4.60. The molecule has 1 fully saturated rings. The lowest BCUT2D eigenvalue weighted by Gasteiger charge is -2.09. The molecule has 0 amide bonds. The average Bonchev–Trinajstić information content (AvgIpc) is 2.80. The van der Waals surface area contributed by atoms with Gasteiger partial charge in [-0.05, 0) is 49.3 Å². The van der Waals surface area contributed by atoms with E-state index in [1.165, 1.54) is 28.5 Å². The number of fused-ring (bicyclic) bond motifs is 1. The minimum Gasteiger partial charge on any atom is -0.325 e. The second kappa shape index (κ2) is 3.03. The Morgan fingerprint density at radius 2 is 2.27 bits per heavy atom. The summed E-state index contributed by atoms with van der Waals surface area (Å²) in [6, 6.07) is 6.44. The molecule has 1 heterocycles. The molecule has 78 valence electrons. The van der Waals surface area contributed by atoms with Gasteiger partial charge in [0.25, 0.3) is 0 Å².